The first-order chi connectivity index (χ1) is 12.0. The summed E-state index contributed by atoms with van der Waals surface area (Å²) in [5.41, 5.74) is 0.668. The third-order valence-electron chi connectivity index (χ3n) is 3.24. The molecule has 2 aromatic carbocycles. The smallest absolute Gasteiger partial charge is 0.343 e. The Morgan fingerprint density at radius 1 is 1.00 bits per heavy atom. The van der Waals surface area contributed by atoms with Gasteiger partial charge in [0.25, 0.3) is 0 Å². The summed E-state index contributed by atoms with van der Waals surface area (Å²) < 4.78 is 21.3. The second-order valence-corrected chi connectivity index (χ2v) is 5.68. The van der Waals surface area contributed by atoms with Crippen LogP contribution >= 0.6 is 15.9 Å². The molecule has 132 valence electrons. The van der Waals surface area contributed by atoms with Gasteiger partial charge in [-0.15, -0.1) is 0 Å². The van der Waals surface area contributed by atoms with Crippen molar-refractivity contribution < 1.29 is 28.5 Å². The van der Waals surface area contributed by atoms with E-state index in [0.717, 1.165) is 0 Å². The van der Waals surface area contributed by atoms with Crippen molar-refractivity contribution in [2.24, 2.45) is 0 Å². The maximum Gasteiger partial charge on any atom is 0.343 e. The molecule has 0 amide bonds. The zero-order valence-corrected chi connectivity index (χ0v) is 15.6. The van der Waals surface area contributed by atoms with Gasteiger partial charge in [0.15, 0.2) is 11.5 Å². The molecule has 0 heterocycles. The van der Waals surface area contributed by atoms with Crippen molar-refractivity contribution >= 4 is 27.9 Å². The van der Waals surface area contributed by atoms with E-state index in [1.807, 2.05) is 6.92 Å². The quantitative estimate of drug-likeness (QED) is 0.533. The fraction of sp³-hybridized carbons (Fsp3) is 0.222. The van der Waals surface area contributed by atoms with E-state index in [-0.39, 0.29) is 0 Å². The first-order valence-electron chi connectivity index (χ1n) is 7.41. The molecule has 0 radical (unpaired) electrons. The molecular weight excluding hydrogens is 392 g/mol. The summed E-state index contributed by atoms with van der Waals surface area (Å²) in [5, 5.41) is 0. The number of benzene rings is 2. The normalized spacial score (nSPS) is 10.1. The van der Waals surface area contributed by atoms with Crippen LogP contribution in [-0.2, 0) is 4.74 Å². The predicted molar refractivity (Wildman–Crippen MR) is 94.6 cm³/mol. The minimum Gasteiger partial charge on any atom is -0.492 e. The molecule has 0 N–H and O–H groups in total. The van der Waals surface area contributed by atoms with Gasteiger partial charge in [-0.1, -0.05) is 0 Å². The standard InChI is InChI=1S/C18H17BrO6/c1-4-24-15-10-12(9-14(19)16(15)22-2)18(21)25-13-7-5-11(6-8-13)17(20)23-3/h5-10H,4H2,1-3H3. The third kappa shape index (κ3) is 4.51. The highest BCUT2D eigenvalue weighted by Crippen LogP contribution is 2.36. The molecular formula is C18H17BrO6. The van der Waals surface area contributed by atoms with E-state index in [0.29, 0.717) is 39.5 Å². The SMILES string of the molecule is CCOc1cc(C(=O)Oc2ccc(C(=O)OC)cc2)cc(Br)c1OC. The van der Waals surface area contributed by atoms with Gasteiger partial charge in [0.05, 0.1) is 36.4 Å². The number of hydrogen-bond acceptors (Lipinski definition) is 6. The fourth-order valence-corrected chi connectivity index (χ4v) is 2.69. The summed E-state index contributed by atoms with van der Waals surface area (Å²) in [6, 6.07) is 9.22. The molecule has 0 saturated carbocycles. The average Bonchev–Trinajstić information content (AvgIpc) is 2.61. The Morgan fingerprint density at radius 2 is 1.68 bits per heavy atom. The molecule has 6 nitrogen and oxygen atoms in total. The van der Waals surface area contributed by atoms with Crippen LogP contribution in [0.2, 0.25) is 0 Å². The summed E-state index contributed by atoms with van der Waals surface area (Å²) >= 11 is 3.35. The van der Waals surface area contributed by atoms with Crippen LogP contribution in [0.1, 0.15) is 27.6 Å². The van der Waals surface area contributed by atoms with Gasteiger partial charge in [0.1, 0.15) is 5.75 Å². The van der Waals surface area contributed by atoms with Crippen molar-refractivity contribution in [3.05, 3.63) is 52.0 Å². The second-order valence-electron chi connectivity index (χ2n) is 4.83. The molecule has 25 heavy (non-hydrogen) atoms. The van der Waals surface area contributed by atoms with E-state index >= 15 is 0 Å². The Hall–Kier alpha value is -2.54. The maximum atomic E-state index is 12.4. The molecule has 7 heteroatoms. The van der Waals surface area contributed by atoms with Crippen LogP contribution in [-0.4, -0.2) is 32.8 Å². The predicted octanol–water partition coefficient (Wildman–Crippen LogP) is 3.86. The van der Waals surface area contributed by atoms with Crippen molar-refractivity contribution in [3.8, 4) is 17.2 Å². The number of esters is 2. The summed E-state index contributed by atoms with van der Waals surface area (Å²) in [4.78, 5) is 23.8. The molecule has 0 bridgehead atoms. The average molecular weight is 409 g/mol. The summed E-state index contributed by atoms with van der Waals surface area (Å²) in [6.45, 7) is 2.26. The van der Waals surface area contributed by atoms with Crippen molar-refractivity contribution in [2.45, 2.75) is 6.92 Å². The summed E-state index contributed by atoms with van der Waals surface area (Å²) in [7, 11) is 2.82. The molecule has 0 aliphatic rings. The van der Waals surface area contributed by atoms with Gasteiger partial charge in [-0.05, 0) is 59.3 Å². The number of carbonyl (C=O) groups is 2. The van der Waals surface area contributed by atoms with Crippen LogP contribution < -0.4 is 14.2 Å². The Kier molecular flexibility index (Phi) is 6.41. The van der Waals surface area contributed by atoms with Gasteiger partial charge in [-0.25, -0.2) is 9.59 Å². The highest BCUT2D eigenvalue weighted by atomic mass is 79.9. The van der Waals surface area contributed by atoms with Gasteiger partial charge in [0.2, 0.25) is 0 Å². The lowest BCUT2D eigenvalue weighted by atomic mass is 10.2. The highest BCUT2D eigenvalue weighted by Gasteiger charge is 2.17. The minimum absolute atomic E-state index is 0.299. The molecule has 0 aromatic heterocycles. The highest BCUT2D eigenvalue weighted by molar-refractivity contribution is 9.10. The largest absolute Gasteiger partial charge is 0.492 e. The molecule has 0 spiro atoms. The second kappa shape index (κ2) is 8.53. The van der Waals surface area contributed by atoms with Crippen LogP contribution in [0.25, 0.3) is 0 Å². The Labute approximate surface area is 153 Å². The Morgan fingerprint density at radius 3 is 2.24 bits per heavy atom. The van der Waals surface area contributed by atoms with Crippen molar-refractivity contribution in [1.82, 2.24) is 0 Å². The van der Waals surface area contributed by atoms with Gasteiger partial charge < -0.3 is 18.9 Å². The molecule has 0 saturated heterocycles. The number of hydrogen-bond donors (Lipinski definition) is 0. The van der Waals surface area contributed by atoms with E-state index in [4.69, 9.17) is 14.2 Å². The minimum atomic E-state index is -0.560. The van der Waals surface area contributed by atoms with E-state index < -0.39 is 11.9 Å². The Balaban J connectivity index is 2.21. The third-order valence-corrected chi connectivity index (χ3v) is 3.82. The van der Waals surface area contributed by atoms with Gasteiger partial charge in [0, 0.05) is 0 Å². The van der Waals surface area contributed by atoms with Crippen LogP contribution in [0.15, 0.2) is 40.9 Å². The molecule has 0 aliphatic carbocycles. The van der Waals surface area contributed by atoms with E-state index in [1.165, 1.54) is 38.5 Å². The van der Waals surface area contributed by atoms with E-state index in [1.54, 1.807) is 12.1 Å². The first-order valence-corrected chi connectivity index (χ1v) is 8.20. The van der Waals surface area contributed by atoms with Crippen LogP contribution in [0.3, 0.4) is 0 Å². The molecule has 0 unspecified atom stereocenters. The summed E-state index contributed by atoms with van der Waals surface area (Å²) in [5.74, 6) is 0.226. The fourth-order valence-electron chi connectivity index (χ4n) is 2.09. The lowest BCUT2D eigenvalue weighted by Gasteiger charge is -2.13. The molecule has 2 rings (SSSR count). The van der Waals surface area contributed by atoms with Crippen molar-refractivity contribution in [3.63, 3.8) is 0 Å². The number of methoxy groups -OCH3 is 2. The number of rotatable bonds is 6. The number of halogens is 1. The first kappa shape index (κ1) is 18.8. The van der Waals surface area contributed by atoms with Crippen molar-refractivity contribution in [1.29, 1.82) is 0 Å². The Bertz CT molecular complexity index is 770. The van der Waals surface area contributed by atoms with Crippen LogP contribution in [0, 0.1) is 0 Å². The van der Waals surface area contributed by atoms with Gasteiger partial charge in [-0.2, -0.15) is 0 Å². The van der Waals surface area contributed by atoms with Crippen LogP contribution in [0.5, 0.6) is 17.2 Å². The zero-order valence-electron chi connectivity index (χ0n) is 14.0. The lowest BCUT2D eigenvalue weighted by molar-refractivity contribution is 0.0600. The van der Waals surface area contributed by atoms with E-state index in [2.05, 4.69) is 20.7 Å². The summed E-state index contributed by atoms with van der Waals surface area (Å²) in [6.07, 6.45) is 0. The van der Waals surface area contributed by atoms with Crippen molar-refractivity contribution in [2.75, 3.05) is 20.8 Å². The molecule has 0 fully saturated rings. The van der Waals surface area contributed by atoms with Gasteiger partial charge >= 0.3 is 11.9 Å². The van der Waals surface area contributed by atoms with Crippen LogP contribution in [0.4, 0.5) is 0 Å². The zero-order chi connectivity index (χ0) is 18.4. The van der Waals surface area contributed by atoms with Gasteiger partial charge in [-0.3, -0.25) is 0 Å². The number of ether oxygens (including phenoxy) is 4. The monoisotopic (exact) mass is 408 g/mol. The molecule has 0 atom stereocenters. The maximum absolute atomic E-state index is 12.4. The topological polar surface area (TPSA) is 71.1 Å². The van der Waals surface area contributed by atoms with E-state index in [9.17, 15) is 9.59 Å². The number of carbonyl (C=O) groups excluding carboxylic acids is 2. The lowest BCUT2D eigenvalue weighted by Crippen LogP contribution is -2.10. The molecule has 2 aromatic rings. The molecule has 0 aliphatic heterocycles.